The van der Waals surface area contributed by atoms with Crippen LogP contribution in [0.4, 0.5) is 15.2 Å². The zero-order valence-corrected chi connectivity index (χ0v) is 10.3. The van der Waals surface area contributed by atoms with Gasteiger partial charge in [-0.05, 0) is 31.2 Å². The third-order valence-electron chi connectivity index (χ3n) is 2.23. The lowest BCUT2D eigenvalue weighted by atomic mass is 10.3. The maximum atomic E-state index is 12.7. The van der Waals surface area contributed by atoms with Crippen LogP contribution in [0.1, 0.15) is 22.3 Å². The highest BCUT2D eigenvalue weighted by molar-refractivity contribution is 7.15. The number of nitrogens with one attached hydrogen (secondary N) is 1. The Balaban J connectivity index is 2.22. The first-order valence-electron chi connectivity index (χ1n) is 5.07. The van der Waals surface area contributed by atoms with E-state index in [0.29, 0.717) is 10.8 Å². The fraction of sp³-hybridized carbons (Fsp3) is 0.167. The summed E-state index contributed by atoms with van der Waals surface area (Å²) in [5, 5.41) is 3.67. The molecule has 3 nitrogen and oxygen atoms in total. The first-order chi connectivity index (χ1) is 8.06. The number of nitrogens with zero attached hydrogens (tertiary/aromatic N) is 1. The predicted octanol–water partition coefficient (Wildman–Crippen LogP) is 3.54. The van der Waals surface area contributed by atoms with Gasteiger partial charge >= 0.3 is 0 Å². The molecular weight excluding hydrogens is 239 g/mol. The molecule has 2 aromatic rings. The average Bonchev–Trinajstić information content (AvgIpc) is 2.63. The van der Waals surface area contributed by atoms with Gasteiger partial charge in [0.25, 0.3) is 0 Å². The first kappa shape index (κ1) is 11.7. The molecule has 0 saturated carbocycles. The van der Waals surface area contributed by atoms with Gasteiger partial charge in [0.2, 0.25) is 0 Å². The van der Waals surface area contributed by atoms with Crippen molar-refractivity contribution < 1.29 is 9.18 Å². The summed E-state index contributed by atoms with van der Waals surface area (Å²) in [4.78, 5) is 16.3. The second kappa shape index (κ2) is 4.63. The highest BCUT2D eigenvalue weighted by Gasteiger charge is 2.11. The van der Waals surface area contributed by atoms with Crippen LogP contribution in [0.2, 0.25) is 0 Å². The van der Waals surface area contributed by atoms with E-state index in [1.165, 1.54) is 30.4 Å². The molecule has 0 aliphatic heterocycles. The van der Waals surface area contributed by atoms with Crippen LogP contribution >= 0.6 is 11.3 Å². The number of benzene rings is 1. The summed E-state index contributed by atoms with van der Waals surface area (Å²) in [5.74, 6) is -0.332. The van der Waals surface area contributed by atoms with E-state index in [2.05, 4.69) is 10.3 Å². The van der Waals surface area contributed by atoms with Crippen molar-refractivity contribution in [3.63, 3.8) is 0 Å². The monoisotopic (exact) mass is 250 g/mol. The number of ketones is 1. The van der Waals surface area contributed by atoms with Crippen LogP contribution in [0.25, 0.3) is 0 Å². The average molecular weight is 250 g/mol. The summed E-state index contributed by atoms with van der Waals surface area (Å²) in [6.45, 7) is 3.34. The number of anilines is 2. The lowest BCUT2D eigenvalue weighted by Crippen LogP contribution is -1.95. The van der Waals surface area contributed by atoms with Crippen molar-refractivity contribution in [1.29, 1.82) is 0 Å². The Kier molecular flexibility index (Phi) is 3.19. The van der Waals surface area contributed by atoms with Crippen molar-refractivity contribution in [2.45, 2.75) is 13.8 Å². The van der Waals surface area contributed by atoms with Crippen molar-refractivity contribution in [3.05, 3.63) is 40.7 Å². The summed E-state index contributed by atoms with van der Waals surface area (Å²) in [7, 11) is 0. The molecule has 2 rings (SSSR count). The van der Waals surface area contributed by atoms with Gasteiger partial charge < -0.3 is 5.32 Å². The van der Waals surface area contributed by atoms with Gasteiger partial charge in [0, 0.05) is 17.5 Å². The van der Waals surface area contributed by atoms with Crippen LogP contribution in [0.3, 0.4) is 0 Å². The van der Waals surface area contributed by atoms with Gasteiger partial charge in [-0.3, -0.25) is 4.79 Å². The summed E-state index contributed by atoms with van der Waals surface area (Å²) in [6, 6.07) is 5.99. The third kappa shape index (κ3) is 2.68. The Hall–Kier alpha value is -1.75. The van der Waals surface area contributed by atoms with Crippen molar-refractivity contribution in [2.24, 2.45) is 0 Å². The summed E-state index contributed by atoms with van der Waals surface area (Å²) >= 11 is 1.40. The molecule has 0 bridgehead atoms. The van der Waals surface area contributed by atoms with Crippen LogP contribution in [0, 0.1) is 12.7 Å². The van der Waals surface area contributed by atoms with Gasteiger partial charge in [-0.2, -0.15) is 0 Å². The topological polar surface area (TPSA) is 42.0 Å². The van der Waals surface area contributed by atoms with Gasteiger partial charge in [0.05, 0.1) is 0 Å². The van der Waals surface area contributed by atoms with Gasteiger partial charge in [-0.25, -0.2) is 9.37 Å². The number of carbonyl (C=O) groups is 1. The van der Waals surface area contributed by atoms with E-state index in [0.717, 1.165) is 10.6 Å². The number of hydrogen-bond acceptors (Lipinski definition) is 4. The van der Waals surface area contributed by atoms with Gasteiger partial charge in [-0.1, -0.05) is 0 Å². The molecule has 0 aliphatic carbocycles. The Morgan fingerprint density at radius 3 is 2.53 bits per heavy atom. The second-order valence-electron chi connectivity index (χ2n) is 3.61. The van der Waals surface area contributed by atoms with Crippen LogP contribution in [-0.2, 0) is 0 Å². The third-order valence-corrected chi connectivity index (χ3v) is 3.11. The van der Waals surface area contributed by atoms with Crippen LogP contribution in [0.5, 0.6) is 0 Å². The number of carbonyl (C=O) groups excluding carboxylic acids is 1. The van der Waals surface area contributed by atoms with Crippen molar-refractivity contribution >= 4 is 27.9 Å². The molecule has 0 aliphatic rings. The summed E-state index contributed by atoms with van der Waals surface area (Å²) in [5.41, 5.74) is 1.23. The zero-order chi connectivity index (χ0) is 12.4. The van der Waals surface area contributed by atoms with Crippen molar-refractivity contribution in [3.8, 4) is 0 Å². The van der Waals surface area contributed by atoms with E-state index in [1.807, 2.05) is 6.92 Å². The molecule has 0 atom stereocenters. The minimum Gasteiger partial charge on any atom is -0.332 e. The molecule has 0 amide bonds. The van der Waals surface area contributed by atoms with Crippen LogP contribution in [0.15, 0.2) is 24.3 Å². The first-order valence-corrected chi connectivity index (χ1v) is 5.89. The smallest absolute Gasteiger partial charge is 0.188 e. The Labute approximate surface area is 102 Å². The number of hydrogen-bond donors (Lipinski definition) is 1. The molecular formula is C12H11FN2OS. The normalized spacial score (nSPS) is 10.3. The molecule has 1 N–H and O–H groups in total. The van der Waals surface area contributed by atoms with E-state index in [1.54, 1.807) is 12.1 Å². The van der Waals surface area contributed by atoms with E-state index < -0.39 is 0 Å². The molecule has 0 fully saturated rings. The standard InChI is InChI=1S/C12H11FN2OS/c1-7(16)11-8(2)17-12(15-11)14-10-5-3-9(13)4-6-10/h3-6H,1-2H3,(H,14,15). The molecule has 1 aromatic heterocycles. The largest absolute Gasteiger partial charge is 0.332 e. The van der Waals surface area contributed by atoms with E-state index in [4.69, 9.17) is 0 Å². The maximum absolute atomic E-state index is 12.7. The van der Waals surface area contributed by atoms with Crippen LogP contribution in [-0.4, -0.2) is 10.8 Å². The molecule has 17 heavy (non-hydrogen) atoms. The Morgan fingerprint density at radius 2 is 2.00 bits per heavy atom. The molecule has 0 spiro atoms. The molecule has 88 valence electrons. The van der Waals surface area contributed by atoms with Crippen molar-refractivity contribution in [1.82, 2.24) is 4.98 Å². The van der Waals surface area contributed by atoms with Gasteiger partial charge in [0.1, 0.15) is 11.5 Å². The fourth-order valence-corrected chi connectivity index (χ4v) is 2.32. The number of rotatable bonds is 3. The van der Waals surface area contributed by atoms with E-state index >= 15 is 0 Å². The molecule has 0 unspecified atom stereocenters. The van der Waals surface area contributed by atoms with Gasteiger partial charge in [-0.15, -0.1) is 11.3 Å². The number of halogens is 1. The zero-order valence-electron chi connectivity index (χ0n) is 9.45. The SMILES string of the molecule is CC(=O)c1nc(Nc2ccc(F)cc2)sc1C. The highest BCUT2D eigenvalue weighted by atomic mass is 32.1. The Morgan fingerprint density at radius 1 is 1.35 bits per heavy atom. The molecule has 0 saturated heterocycles. The van der Waals surface area contributed by atoms with E-state index in [9.17, 15) is 9.18 Å². The maximum Gasteiger partial charge on any atom is 0.188 e. The molecule has 0 radical (unpaired) electrons. The predicted molar refractivity (Wildman–Crippen MR) is 66.5 cm³/mol. The summed E-state index contributed by atoms with van der Waals surface area (Å²) < 4.78 is 12.7. The lowest BCUT2D eigenvalue weighted by Gasteiger charge is -2.01. The minimum absolute atomic E-state index is 0.0501. The van der Waals surface area contributed by atoms with E-state index in [-0.39, 0.29) is 11.6 Å². The Bertz CT molecular complexity index is 548. The van der Waals surface area contributed by atoms with Crippen LogP contribution < -0.4 is 5.32 Å². The lowest BCUT2D eigenvalue weighted by molar-refractivity contribution is 0.101. The molecule has 5 heteroatoms. The fourth-order valence-electron chi connectivity index (χ4n) is 1.43. The quantitative estimate of drug-likeness (QED) is 0.847. The highest BCUT2D eigenvalue weighted by Crippen LogP contribution is 2.25. The number of aromatic nitrogens is 1. The molecule has 1 heterocycles. The number of thiazole rings is 1. The minimum atomic E-state index is -0.282. The summed E-state index contributed by atoms with van der Waals surface area (Å²) in [6.07, 6.45) is 0. The number of Topliss-reactive ketones (excluding diaryl/α,β-unsaturated/α-hetero) is 1. The second-order valence-corrected chi connectivity index (χ2v) is 4.82. The van der Waals surface area contributed by atoms with Gasteiger partial charge in [0.15, 0.2) is 10.9 Å². The number of aryl methyl sites for hydroxylation is 1. The molecule has 1 aromatic carbocycles. The van der Waals surface area contributed by atoms with Crippen molar-refractivity contribution in [2.75, 3.05) is 5.32 Å².